The number of piperazine rings is 1. The second-order valence-corrected chi connectivity index (χ2v) is 6.26. The van der Waals surface area contributed by atoms with Crippen molar-refractivity contribution in [1.29, 1.82) is 0 Å². The number of nitro benzene ring substituents is 1. The van der Waals surface area contributed by atoms with Crippen LogP contribution in [-0.4, -0.2) is 58.7 Å². The second-order valence-electron chi connectivity index (χ2n) is 6.26. The normalized spacial score (nSPS) is 15.8. The summed E-state index contributed by atoms with van der Waals surface area (Å²) < 4.78 is 1.67. The molecule has 1 saturated heterocycles. The summed E-state index contributed by atoms with van der Waals surface area (Å²) in [5.74, 6) is 0.0131. The van der Waals surface area contributed by atoms with E-state index >= 15 is 0 Å². The fourth-order valence-electron chi connectivity index (χ4n) is 3.19. The summed E-state index contributed by atoms with van der Waals surface area (Å²) in [5.41, 5.74) is 1.72. The molecule has 0 bridgehead atoms. The quantitative estimate of drug-likeness (QED) is 0.631. The maximum atomic E-state index is 12.8. The van der Waals surface area contributed by atoms with Crippen molar-refractivity contribution < 1.29 is 9.72 Å². The molecule has 1 N–H and O–H groups in total. The molecule has 1 fully saturated rings. The lowest BCUT2D eigenvalue weighted by atomic mass is 10.1. The fraction of sp³-hybridized carbons (Fsp3) is 0.412. The summed E-state index contributed by atoms with van der Waals surface area (Å²) in [6.07, 6.45) is 3.52. The number of rotatable bonds is 5. The van der Waals surface area contributed by atoms with E-state index in [2.05, 4.69) is 15.3 Å². The first-order valence-electron chi connectivity index (χ1n) is 8.43. The minimum Gasteiger partial charge on any atom is -0.368 e. The number of likely N-dealkylation sites (N-methyl/N-ethyl adjacent to an activating group) is 1. The largest absolute Gasteiger partial charge is 0.368 e. The highest BCUT2D eigenvalue weighted by Gasteiger charge is 2.28. The molecule has 0 saturated carbocycles. The van der Waals surface area contributed by atoms with E-state index in [9.17, 15) is 14.9 Å². The van der Waals surface area contributed by atoms with Gasteiger partial charge in [0.05, 0.1) is 11.1 Å². The molecule has 9 nitrogen and oxygen atoms in total. The summed E-state index contributed by atoms with van der Waals surface area (Å²) in [6, 6.07) is 6.17. The maximum absolute atomic E-state index is 12.8. The molecule has 9 heteroatoms. The molecule has 1 amide bonds. The van der Waals surface area contributed by atoms with Crippen LogP contribution in [0.3, 0.4) is 0 Å². The molecular formula is C17H22N6O3. The zero-order valence-corrected chi connectivity index (χ0v) is 14.8. The van der Waals surface area contributed by atoms with E-state index in [0.29, 0.717) is 26.2 Å². The Hall–Kier alpha value is -2.94. The highest BCUT2D eigenvalue weighted by Crippen LogP contribution is 2.23. The first-order chi connectivity index (χ1) is 12.5. The van der Waals surface area contributed by atoms with Crippen molar-refractivity contribution in [2.75, 3.05) is 38.1 Å². The Labute approximate surface area is 151 Å². The lowest BCUT2D eigenvalue weighted by Crippen LogP contribution is -2.51. The Morgan fingerprint density at radius 2 is 2.04 bits per heavy atom. The van der Waals surface area contributed by atoms with E-state index in [-0.39, 0.29) is 11.6 Å². The van der Waals surface area contributed by atoms with Crippen LogP contribution in [0.15, 0.2) is 36.7 Å². The lowest BCUT2D eigenvalue weighted by Gasteiger charge is -2.37. The maximum Gasteiger partial charge on any atom is 0.271 e. The molecule has 1 aromatic heterocycles. The Morgan fingerprint density at radius 1 is 1.31 bits per heavy atom. The van der Waals surface area contributed by atoms with Crippen LogP contribution in [0.25, 0.3) is 0 Å². The van der Waals surface area contributed by atoms with E-state index in [1.807, 2.05) is 24.2 Å². The number of amides is 1. The number of hydrogen-bond donors (Lipinski definition) is 1. The van der Waals surface area contributed by atoms with Crippen LogP contribution in [0.4, 0.5) is 11.4 Å². The van der Waals surface area contributed by atoms with Gasteiger partial charge in [0.25, 0.3) is 5.69 Å². The van der Waals surface area contributed by atoms with Crippen LogP contribution in [0.2, 0.25) is 0 Å². The number of carbonyl (C=O) groups is 1. The molecule has 2 heterocycles. The van der Waals surface area contributed by atoms with Gasteiger partial charge < -0.3 is 15.1 Å². The number of nitrogens with one attached hydrogen (secondary N) is 1. The van der Waals surface area contributed by atoms with Crippen LogP contribution in [0, 0.1) is 10.1 Å². The zero-order valence-electron chi connectivity index (χ0n) is 14.8. The number of nitrogens with zero attached hydrogens (tertiary/aromatic N) is 5. The summed E-state index contributed by atoms with van der Waals surface area (Å²) in [4.78, 5) is 27.3. The Balaban J connectivity index is 1.65. The van der Waals surface area contributed by atoms with Crippen LogP contribution in [0.1, 0.15) is 11.6 Å². The van der Waals surface area contributed by atoms with Crippen LogP contribution < -0.4 is 10.2 Å². The smallest absolute Gasteiger partial charge is 0.271 e. The molecule has 2 aromatic rings. The molecule has 138 valence electrons. The summed E-state index contributed by atoms with van der Waals surface area (Å²) in [5, 5.41) is 18.1. The van der Waals surface area contributed by atoms with E-state index in [1.165, 1.54) is 6.07 Å². The van der Waals surface area contributed by atoms with Gasteiger partial charge in [0, 0.05) is 62.8 Å². The summed E-state index contributed by atoms with van der Waals surface area (Å²) in [7, 11) is 3.58. The number of carbonyl (C=O) groups excluding carboxylic acids is 1. The molecule has 0 spiro atoms. The van der Waals surface area contributed by atoms with Gasteiger partial charge in [-0.25, -0.2) is 0 Å². The summed E-state index contributed by atoms with van der Waals surface area (Å²) in [6.45, 7) is 2.41. The number of benzene rings is 1. The molecule has 0 aliphatic carbocycles. The fourth-order valence-corrected chi connectivity index (χ4v) is 3.19. The van der Waals surface area contributed by atoms with Crippen molar-refractivity contribution >= 4 is 17.3 Å². The number of nitro groups is 1. The van der Waals surface area contributed by atoms with Gasteiger partial charge in [0.1, 0.15) is 6.04 Å². The highest BCUT2D eigenvalue weighted by molar-refractivity contribution is 5.83. The number of aryl methyl sites for hydroxylation is 1. The van der Waals surface area contributed by atoms with Gasteiger partial charge in [0.2, 0.25) is 5.91 Å². The number of hydrogen-bond acceptors (Lipinski definition) is 6. The minimum atomic E-state index is -0.423. The lowest BCUT2D eigenvalue weighted by molar-refractivity contribution is -0.384. The predicted octanol–water partition coefficient (Wildman–Crippen LogP) is 0.938. The summed E-state index contributed by atoms with van der Waals surface area (Å²) >= 11 is 0. The van der Waals surface area contributed by atoms with Crippen molar-refractivity contribution in [3.8, 4) is 0 Å². The van der Waals surface area contributed by atoms with E-state index in [1.54, 1.807) is 30.1 Å². The molecule has 1 aliphatic heterocycles. The standard InChI is InChI=1S/C17H22N6O3/c1-18-16(13-11-19-20(2)12-13)17(24)22-8-6-21(7-9-22)14-4-3-5-15(10-14)23(25)26/h3-5,10-12,16,18H,6-9H2,1-2H3. The van der Waals surface area contributed by atoms with E-state index < -0.39 is 11.0 Å². The van der Waals surface area contributed by atoms with Crippen LogP contribution >= 0.6 is 0 Å². The van der Waals surface area contributed by atoms with Crippen molar-refractivity contribution in [1.82, 2.24) is 20.0 Å². The third-order valence-electron chi connectivity index (χ3n) is 4.59. The molecule has 1 aliphatic rings. The Bertz CT molecular complexity index is 797. The molecule has 1 atom stereocenters. The van der Waals surface area contributed by atoms with Crippen LogP contribution in [-0.2, 0) is 11.8 Å². The third-order valence-corrected chi connectivity index (χ3v) is 4.59. The van der Waals surface area contributed by atoms with Gasteiger partial charge in [-0.3, -0.25) is 19.6 Å². The predicted molar refractivity (Wildman–Crippen MR) is 96.9 cm³/mol. The first kappa shape index (κ1) is 17.9. The molecular weight excluding hydrogens is 336 g/mol. The minimum absolute atomic E-state index is 0.0131. The van der Waals surface area contributed by atoms with E-state index in [4.69, 9.17) is 0 Å². The number of anilines is 1. The second kappa shape index (κ2) is 7.52. The molecule has 0 radical (unpaired) electrons. The van der Waals surface area contributed by atoms with Gasteiger partial charge >= 0.3 is 0 Å². The average molecular weight is 358 g/mol. The van der Waals surface area contributed by atoms with Gasteiger partial charge in [-0.05, 0) is 13.1 Å². The average Bonchev–Trinajstić information content (AvgIpc) is 3.08. The number of aromatic nitrogens is 2. The topological polar surface area (TPSA) is 96.5 Å². The molecule has 1 unspecified atom stereocenters. The van der Waals surface area contributed by atoms with E-state index in [0.717, 1.165) is 11.3 Å². The first-order valence-corrected chi connectivity index (χ1v) is 8.43. The van der Waals surface area contributed by atoms with Gasteiger partial charge in [-0.1, -0.05) is 6.07 Å². The van der Waals surface area contributed by atoms with Crippen molar-refractivity contribution in [2.45, 2.75) is 6.04 Å². The Morgan fingerprint density at radius 3 is 2.62 bits per heavy atom. The van der Waals surface area contributed by atoms with Crippen molar-refractivity contribution in [3.05, 3.63) is 52.3 Å². The van der Waals surface area contributed by atoms with Gasteiger partial charge in [-0.15, -0.1) is 0 Å². The van der Waals surface area contributed by atoms with Gasteiger partial charge in [0.15, 0.2) is 0 Å². The molecule has 26 heavy (non-hydrogen) atoms. The number of non-ortho nitro benzene ring substituents is 1. The van der Waals surface area contributed by atoms with Gasteiger partial charge in [-0.2, -0.15) is 5.10 Å². The van der Waals surface area contributed by atoms with Crippen molar-refractivity contribution in [2.24, 2.45) is 7.05 Å². The monoisotopic (exact) mass is 358 g/mol. The SMILES string of the molecule is CNC(C(=O)N1CCN(c2cccc([N+](=O)[O-])c2)CC1)c1cnn(C)c1. The third kappa shape index (κ3) is 3.67. The zero-order chi connectivity index (χ0) is 18.7. The highest BCUT2D eigenvalue weighted by atomic mass is 16.6. The molecule has 1 aromatic carbocycles. The van der Waals surface area contributed by atoms with Crippen molar-refractivity contribution in [3.63, 3.8) is 0 Å². The van der Waals surface area contributed by atoms with Crippen LogP contribution in [0.5, 0.6) is 0 Å². The Kier molecular flexibility index (Phi) is 5.17. The molecule has 3 rings (SSSR count).